The predicted octanol–water partition coefficient (Wildman–Crippen LogP) is 2.32. The van der Waals surface area contributed by atoms with Crippen LogP contribution in [0.2, 0.25) is 0 Å². The van der Waals surface area contributed by atoms with Gasteiger partial charge in [0.2, 0.25) is 0 Å². The van der Waals surface area contributed by atoms with Crippen molar-refractivity contribution in [3.63, 3.8) is 0 Å². The van der Waals surface area contributed by atoms with Gasteiger partial charge in [-0.15, -0.1) is 0 Å². The summed E-state index contributed by atoms with van der Waals surface area (Å²) in [6.45, 7) is 7.28. The molecule has 0 atom stereocenters. The fourth-order valence-electron chi connectivity index (χ4n) is 1.51. The van der Waals surface area contributed by atoms with Gasteiger partial charge in [-0.3, -0.25) is 10.2 Å². The summed E-state index contributed by atoms with van der Waals surface area (Å²) in [6, 6.07) is 6.61. The number of hydrogen-bond acceptors (Lipinski definition) is 3. The largest absolute Gasteiger partial charge is 0.388 e. The van der Waals surface area contributed by atoms with E-state index in [1.807, 2.05) is 0 Å². The molecule has 0 fully saturated rings. The van der Waals surface area contributed by atoms with E-state index in [1.165, 1.54) is 6.08 Å². The van der Waals surface area contributed by atoms with E-state index in [0.29, 0.717) is 16.9 Å². The number of nitrogen functional groups attached to an aromatic ring is 1. The van der Waals surface area contributed by atoms with E-state index in [0.717, 1.165) is 0 Å². The zero-order valence-electron chi connectivity index (χ0n) is 11.7. The molecule has 0 saturated heterocycles. The summed E-state index contributed by atoms with van der Waals surface area (Å²) < 4.78 is 0. The van der Waals surface area contributed by atoms with Gasteiger partial charge in [0.15, 0.2) is 0 Å². The smallest absolute Gasteiger partial charge is 0.257 e. The molecule has 5 nitrogen and oxygen atoms in total. The van der Waals surface area contributed by atoms with Gasteiger partial charge < -0.3 is 16.4 Å². The van der Waals surface area contributed by atoms with Crippen LogP contribution in [0, 0.1) is 5.41 Å². The van der Waals surface area contributed by atoms with Crippen molar-refractivity contribution in [1.29, 1.82) is 5.41 Å². The molecule has 0 spiro atoms. The van der Waals surface area contributed by atoms with Crippen LogP contribution in [0.3, 0.4) is 0 Å². The molecule has 5 N–H and O–H groups in total. The van der Waals surface area contributed by atoms with E-state index in [2.05, 4.69) is 23.8 Å². The summed E-state index contributed by atoms with van der Waals surface area (Å²) in [5, 5.41) is 13.0. The molecule has 0 saturated carbocycles. The molecule has 1 aromatic rings. The van der Waals surface area contributed by atoms with Crippen molar-refractivity contribution in [3.05, 3.63) is 65.4 Å². The predicted molar refractivity (Wildman–Crippen MR) is 87.4 cm³/mol. The Morgan fingerprint density at radius 3 is 2.33 bits per heavy atom. The van der Waals surface area contributed by atoms with Gasteiger partial charge in [-0.25, -0.2) is 0 Å². The molecule has 0 unspecified atom stereocenters. The van der Waals surface area contributed by atoms with Crippen molar-refractivity contribution in [3.8, 4) is 0 Å². The van der Waals surface area contributed by atoms with Crippen LogP contribution in [0.5, 0.6) is 0 Å². The maximum atomic E-state index is 12.2. The Bertz CT molecular complexity index is 617. The molecule has 0 aliphatic rings. The molecular weight excluding hydrogens is 288 g/mol. The SMILES string of the molecule is C=C(Cl)/C=C(\C(=C)NC)C(=O)Nc1ccc(C(=N)N)cc1. The minimum atomic E-state index is -0.369. The van der Waals surface area contributed by atoms with E-state index in [9.17, 15) is 4.79 Å². The third-order valence-electron chi connectivity index (χ3n) is 2.63. The number of allylic oxidation sites excluding steroid dienone is 2. The first-order valence-electron chi connectivity index (χ1n) is 6.04. The van der Waals surface area contributed by atoms with Crippen LogP contribution < -0.4 is 16.4 Å². The van der Waals surface area contributed by atoms with Crippen LogP contribution in [0.4, 0.5) is 5.69 Å². The van der Waals surface area contributed by atoms with Gasteiger partial charge in [-0.2, -0.15) is 0 Å². The first-order chi connectivity index (χ1) is 9.85. The topological polar surface area (TPSA) is 91.0 Å². The highest BCUT2D eigenvalue weighted by Gasteiger charge is 2.13. The highest BCUT2D eigenvalue weighted by Crippen LogP contribution is 2.15. The van der Waals surface area contributed by atoms with Crippen LogP contribution in [0.1, 0.15) is 5.56 Å². The van der Waals surface area contributed by atoms with Gasteiger partial charge in [0.05, 0.1) is 5.57 Å². The Morgan fingerprint density at radius 1 is 1.33 bits per heavy atom. The fraction of sp³-hybridized carbons (Fsp3) is 0.0667. The number of hydrogen-bond donors (Lipinski definition) is 4. The molecule has 1 aromatic carbocycles. The summed E-state index contributed by atoms with van der Waals surface area (Å²) in [7, 11) is 1.65. The van der Waals surface area contributed by atoms with Crippen LogP contribution in [0.15, 0.2) is 59.8 Å². The third-order valence-corrected chi connectivity index (χ3v) is 2.74. The molecule has 0 aromatic heterocycles. The second kappa shape index (κ2) is 7.31. The molecule has 0 aliphatic heterocycles. The molecule has 110 valence electrons. The number of benzene rings is 1. The maximum absolute atomic E-state index is 12.2. The Kier molecular flexibility index (Phi) is 5.75. The Morgan fingerprint density at radius 2 is 1.90 bits per heavy atom. The lowest BCUT2D eigenvalue weighted by Gasteiger charge is -2.11. The van der Waals surface area contributed by atoms with E-state index in [4.69, 9.17) is 22.7 Å². The van der Waals surface area contributed by atoms with Crippen LogP contribution in [-0.4, -0.2) is 18.8 Å². The Balaban J connectivity index is 2.94. The van der Waals surface area contributed by atoms with Gasteiger partial charge in [0.25, 0.3) is 5.91 Å². The van der Waals surface area contributed by atoms with Crippen molar-refractivity contribution in [1.82, 2.24) is 5.32 Å². The number of anilines is 1. The van der Waals surface area contributed by atoms with E-state index in [-0.39, 0.29) is 22.3 Å². The van der Waals surface area contributed by atoms with Gasteiger partial charge in [-0.1, -0.05) is 24.8 Å². The van der Waals surface area contributed by atoms with Crippen LogP contribution in [-0.2, 0) is 4.79 Å². The first kappa shape index (κ1) is 16.5. The number of amidine groups is 1. The van der Waals surface area contributed by atoms with Crippen LogP contribution in [0.25, 0.3) is 0 Å². The quantitative estimate of drug-likeness (QED) is 0.281. The molecular formula is C15H17ClN4O. The number of nitrogens with one attached hydrogen (secondary N) is 3. The van der Waals surface area contributed by atoms with E-state index in [1.54, 1.807) is 31.3 Å². The minimum Gasteiger partial charge on any atom is -0.388 e. The van der Waals surface area contributed by atoms with Crippen molar-refractivity contribution in [2.75, 3.05) is 12.4 Å². The lowest BCUT2D eigenvalue weighted by molar-refractivity contribution is -0.112. The van der Waals surface area contributed by atoms with Crippen molar-refractivity contribution in [2.24, 2.45) is 5.73 Å². The summed E-state index contributed by atoms with van der Waals surface area (Å²) in [4.78, 5) is 12.2. The minimum absolute atomic E-state index is 0.0320. The van der Waals surface area contributed by atoms with Gasteiger partial charge in [0, 0.05) is 29.0 Å². The average molecular weight is 305 g/mol. The van der Waals surface area contributed by atoms with E-state index >= 15 is 0 Å². The highest BCUT2D eigenvalue weighted by molar-refractivity contribution is 6.31. The lowest BCUT2D eigenvalue weighted by atomic mass is 10.1. The zero-order valence-corrected chi connectivity index (χ0v) is 12.4. The third kappa shape index (κ3) is 4.81. The number of amides is 1. The molecule has 21 heavy (non-hydrogen) atoms. The summed E-state index contributed by atoms with van der Waals surface area (Å²) in [5.41, 5.74) is 7.23. The number of likely N-dealkylation sites (N-methyl/N-ethyl adjacent to an activating group) is 1. The molecule has 0 radical (unpaired) electrons. The number of carbonyl (C=O) groups excluding carboxylic acids is 1. The normalized spacial score (nSPS) is 10.7. The van der Waals surface area contributed by atoms with E-state index < -0.39 is 0 Å². The second-order valence-corrected chi connectivity index (χ2v) is 4.66. The number of nitrogens with two attached hydrogens (primary N) is 1. The summed E-state index contributed by atoms with van der Waals surface area (Å²) in [5.74, 6) is -0.401. The molecule has 0 aliphatic carbocycles. The Hall–Kier alpha value is -2.53. The van der Waals surface area contributed by atoms with Crippen LogP contribution >= 0.6 is 11.6 Å². The number of rotatable bonds is 6. The second-order valence-electron chi connectivity index (χ2n) is 4.18. The molecule has 0 bridgehead atoms. The molecule has 6 heteroatoms. The standard InChI is InChI=1S/C15H17ClN4O/c1-9(16)8-13(10(2)19-3)15(21)20-12-6-4-11(5-7-12)14(17)18/h4-8,19H,1-2H2,3H3,(H3,17,18)(H,20,21)/b13-8+. The molecule has 1 rings (SSSR count). The first-order valence-corrected chi connectivity index (χ1v) is 6.42. The molecule has 0 heterocycles. The van der Waals surface area contributed by atoms with Crippen molar-refractivity contribution < 1.29 is 4.79 Å². The highest BCUT2D eigenvalue weighted by atomic mass is 35.5. The van der Waals surface area contributed by atoms with Gasteiger partial charge in [0.1, 0.15) is 5.84 Å². The maximum Gasteiger partial charge on any atom is 0.257 e. The Labute approximate surface area is 128 Å². The average Bonchev–Trinajstić information content (AvgIpc) is 2.44. The molecule has 1 amide bonds. The monoisotopic (exact) mass is 304 g/mol. The fourth-order valence-corrected chi connectivity index (χ4v) is 1.62. The summed E-state index contributed by atoms with van der Waals surface area (Å²) in [6.07, 6.45) is 1.43. The van der Waals surface area contributed by atoms with Crippen molar-refractivity contribution >= 4 is 29.0 Å². The lowest BCUT2D eigenvalue weighted by Crippen LogP contribution is -2.20. The zero-order chi connectivity index (χ0) is 16.0. The number of halogens is 1. The van der Waals surface area contributed by atoms with Gasteiger partial charge in [-0.05, 0) is 30.3 Å². The summed E-state index contributed by atoms with van der Waals surface area (Å²) >= 11 is 5.72. The number of carbonyl (C=O) groups is 1. The van der Waals surface area contributed by atoms with Gasteiger partial charge >= 0.3 is 0 Å². The van der Waals surface area contributed by atoms with Crippen molar-refractivity contribution in [2.45, 2.75) is 0 Å².